The lowest BCUT2D eigenvalue weighted by Gasteiger charge is -2.09. The smallest absolute Gasteiger partial charge is 0.234 e. The summed E-state index contributed by atoms with van der Waals surface area (Å²) in [5.41, 5.74) is 1.28. The number of hydrogen-bond acceptors (Lipinski definition) is 5. The van der Waals surface area contributed by atoms with Gasteiger partial charge < -0.3 is 14.8 Å². The van der Waals surface area contributed by atoms with Crippen LogP contribution in [-0.2, 0) is 4.79 Å². The molecule has 0 atom stereocenters. The highest BCUT2D eigenvalue weighted by molar-refractivity contribution is 8.00. The van der Waals surface area contributed by atoms with Crippen LogP contribution in [0.3, 0.4) is 0 Å². The lowest BCUT2D eigenvalue weighted by molar-refractivity contribution is -0.113. The summed E-state index contributed by atoms with van der Waals surface area (Å²) >= 11 is 1.27. The molecule has 0 saturated heterocycles. The van der Waals surface area contributed by atoms with Crippen LogP contribution < -0.4 is 14.8 Å². The largest absolute Gasteiger partial charge is 0.493 e. The molecule has 2 aromatic rings. The minimum Gasteiger partial charge on any atom is -0.493 e. The maximum absolute atomic E-state index is 12.2. The van der Waals surface area contributed by atoms with E-state index in [1.807, 2.05) is 30.3 Å². The van der Waals surface area contributed by atoms with Crippen molar-refractivity contribution in [1.82, 2.24) is 0 Å². The summed E-state index contributed by atoms with van der Waals surface area (Å²) < 4.78 is 10.3. The highest BCUT2D eigenvalue weighted by Gasteiger charge is 2.12. The Morgan fingerprint density at radius 3 is 2.33 bits per heavy atom. The van der Waals surface area contributed by atoms with Crippen LogP contribution in [-0.4, -0.2) is 37.4 Å². The molecule has 1 amide bonds. The van der Waals surface area contributed by atoms with Gasteiger partial charge in [0, 0.05) is 11.3 Å². The minimum atomic E-state index is -0.133. The van der Waals surface area contributed by atoms with E-state index in [9.17, 15) is 9.59 Å². The number of ether oxygens (including phenoxy) is 2. The van der Waals surface area contributed by atoms with Gasteiger partial charge in [-0.05, 0) is 30.3 Å². The Bertz CT molecular complexity index is 703. The SMILES string of the molecule is COc1ccc(C(=O)CSCC(=O)Nc2ccccc2)cc1OC. The summed E-state index contributed by atoms with van der Waals surface area (Å²) in [6.45, 7) is 0. The second-order valence-electron chi connectivity index (χ2n) is 4.90. The van der Waals surface area contributed by atoms with Crippen LogP contribution in [0, 0.1) is 0 Å². The number of rotatable bonds is 8. The van der Waals surface area contributed by atoms with Gasteiger partial charge in [-0.25, -0.2) is 0 Å². The van der Waals surface area contributed by atoms with Crippen molar-refractivity contribution in [3.05, 3.63) is 54.1 Å². The molecule has 0 spiro atoms. The maximum atomic E-state index is 12.2. The molecular weight excluding hydrogens is 326 g/mol. The summed E-state index contributed by atoms with van der Waals surface area (Å²) in [6.07, 6.45) is 0. The lowest BCUT2D eigenvalue weighted by Crippen LogP contribution is -2.15. The van der Waals surface area contributed by atoms with Crippen molar-refractivity contribution in [2.45, 2.75) is 0 Å². The molecular formula is C18H19NO4S. The first kappa shape index (κ1) is 17.9. The molecule has 0 heterocycles. The lowest BCUT2D eigenvalue weighted by atomic mass is 10.1. The molecule has 0 aromatic heterocycles. The van der Waals surface area contributed by atoms with Crippen LogP contribution in [0.4, 0.5) is 5.69 Å². The van der Waals surface area contributed by atoms with Crippen molar-refractivity contribution in [3.8, 4) is 11.5 Å². The molecule has 126 valence electrons. The Kier molecular flexibility index (Phi) is 6.69. The summed E-state index contributed by atoms with van der Waals surface area (Å²) in [4.78, 5) is 24.0. The number of methoxy groups -OCH3 is 2. The molecule has 24 heavy (non-hydrogen) atoms. The highest BCUT2D eigenvalue weighted by atomic mass is 32.2. The second-order valence-corrected chi connectivity index (χ2v) is 5.89. The number of amides is 1. The summed E-state index contributed by atoms with van der Waals surface area (Å²) in [5, 5.41) is 2.78. The second kappa shape index (κ2) is 8.98. The first-order chi connectivity index (χ1) is 11.6. The first-order valence-corrected chi connectivity index (χ1v) is 8.47. The molecule has 0 aliphatic heterocycles. The van der Waals surface area contributed by atoms with Crippen LogP contribution in [0.1, 0.15) is 10.4 Å². The molecule has 0 aliphatic rings. The van der Waals surface area contributed by atoms with Gasteiger partial charge in [0.2, 0.25) is 5.91 Å². The van der Waals surface area contributed by atoms with E-state index in [1.54, 1.807) is 25.3 Å². The number of carbonyl (C=O) groups is 2. The molecule has 0 radical (unpaired) electrons. The first-order valence-electron chi connectivity index (χ1n) is 7.32. The molecule has 0 aliphatic carbocycles. The quantitative estimate of drug-likeness (QED) is 0.744. The highest BCUT2D eigenvalue weighted by Crippen LogP contribution is 2.28. The fourth-order valence-electron chi connectivity index (χ4n) is 2.05. The average molecular weight is 345 g/mol. The Labute approximate surface area is 145 Å². The van der Waals surface area contributed by atoms with E-state index in [0.717, 1.165) is 5.69 Å². The number of carbonyl (C=O) groups excluding carboxylic acids is 2. The summed E-state index contributed by atoms with van der Waals surface area (Å²) in [5.74, 6) is 1.32. The third-order valence-electron chi connectivity index (χ3n) is 3.23. The van der Waals surface area contributed by atoms with E-state index in [4.69, 9.17) is 9.47 Å². The molecule has 5 nitrogen and oxygen atoms in total. The van der Waals surface area contributed by atoms with Gasteiger partial charge in [0.25, 0.3) is 0 Å². The molecule has 0 bridgehead atoms. The van der Waals surface area contributed by atoms with Gasteiger partial charge in [0.05, 0.1) is 25.7 Å². The normalized spacial score (nSPS) is 10.1. The van der Waals surface area contributed by atoms with Gasteiger partial charge in [-0.3, -0.25) is 9.59 Å². The van der Waals surface area contributed by atoms with Crippen molar-refractivity contribution in [2.75, 3.05) is 31.0 Å². The van der Waals surface area contributed by atoms with E-state index < -0.39 is 0 Å². The summed E-state index contributed by atoms with van der Waals surface area (Å²) in [7, 11) is 3.06. The van der Waals surface area contributed by atoms with Crippen molar-refractivity contribution in [3.63, 3.8) is 0 Å². The van der Waals surface area contributed by atoms with Gasteiger partial charge in [-0.2, -0.15) is 0 Å². The number of hydrogen-bond donors (Lipinski definition) is 1. The number of nitrogens with one attached hydrogen (secondary N) is 1. The number of thioether (sulfide) groups is 1. The average Bonchev–Trinajstić information content (AvgIpc) is 2.61. The van der Waals surface area contributed by atoms with Crippen LogP contribution in [0.25, 0.3) is 0 Å². The monoisotopic (exact) mass is 345 g/mol. The third-order valence-corrected chi connectivity index (χ3v) is 4.16. The van der Waals surface area contributed by atoms with E-state index in [0.29, 0.717) is 17.1 Å². The Morgan fingerprint density at radius 2 is 1.67 bits per heavy atom. The van der Waals surface area contributed by atoms with Crippen molar-refractivity contribution in [1.29, 1.82) is 0 Å². The molecule has 0 saturated carbocycles. The Balaban J connectivity index is 1.84. The van der Waals surface area contributed by atoms with Crippen LogP contribution in [0.2, 0.25) is 0 Å². The Morgan fingerprint density at radius 1 is 0.958 bits per heavy atom. The predicted octanol–water partition coefficient (Wildman–Crippen LogP) is 3.26. The van der Waals surface area contributed by atoms with E-state index in [2.05, 4.69) is 5.32 Å². The molecule has 0 fully saturated rings. The Hall–Kier alpha value is -2.47. The number of ketones is 1. The fraction of sp³-hybridized carbons (Fsp3) is 0.222. The van der Waals surface area contributed by atoms with E-state index in [1.165, 1.54) is 18.9 Å². The van der Waals surface area contributed by atoms with Gasteiger partial charge in [-0.15, -0.1) is 11.8 Å². The number of para-hydroxylation sites is 1. The topological polar surface area (TPSA) is 64.6 Å². The van der Waals surface area contributed by atoms with Crippen LogP contribution in [0.5, 0.6) is 11.5 Å². The van der Waals surface area contributed by atoms with Gasteiger partial charge in [-0.1, -0.05) is 18.2 Å². The zero-order valence-electron chi connectivity index (χ0n) is 13.6. The molecule has 0 unspecified atom stereocenters. The standard InChI is InChI=1S/C18H19NO4S/c1-22-16-9-8-13(10-17(16)23-2)15(20)11-24-12-18(21)19-14-6-4-3-5-7-14/h3-10H,11-12H2,1-2H3,(H,19,21). The van der Waals surface area contributed by atoms with E-state index >= 15 is 0 Å². The van der Waals surface area contributed by atoms with Gasteiger partial charge in [0.15, 0.2) is 17.3 Å². The minimum absolute atomic E-state index is 0.0616. The molecule has 2 aromatic carbocycles. The predicted molar refractivity (Wildman–Crippen MR) is 96.3 cm³/mol. The zero-order chi connectivity index (χ0) is 17.4. The summed E-state index contributed by atoms with van der Waals surface area (Å²) in [6, 6.07) is 14.2. The number of benzene rings is 2. The maximum Gasteiger partial charge on any atom is 0.234 e. The molecule has 1 N–H and O–H groups in total. The molecule has 6 heteroatoms. The zero-order valence-corrected chi connectivity index (χ0v) is 14.4. The van der Waals surface area contributed by atoms with Crippen molar-refractivity contribution < 1.29 is 19.1 Å². The van der Waals surface area contributed by atoms with Crippen LogP contribution in [0.15, 0.2) is 48.5 Å². The van der Waals surface area contributed by atoms with E-state index in [-0.39, 0.29) is 23.2 Å². The van der Waals surface area contributed by atoms with Crippen molar-refractivity contribution >= 4 is 29.1 Å². The molecule has 2 rings (SSSR count). The number of anilines is 1. The van der Waals surface area contributed by atoms with Gasteiger partial charge >= 0.3 is 0 Å². The van der Waals surface area contributed by atoms with Crippen LogP contribution >= 0.6 is 11.8 Å². The third kappa shape index (κ3) is 5.03. The van der Waals surface area contributed by atoms with Crippen molar-refractivity contribution in [2.24, 2.45) is 0 Å². The number of Topliss-reactive ketones (excluding diaryl/α,β-unsaturated/α-hetero) is 1. The van der Waals surface area contributed by atoms with Gasteiger partial charge in [0.1, 0.15) is 0 Å². The fourth-order valence-corrected chi connectivity index (χ4v) is 2.76.